The molecule has 0 fully saturated rings. The van der Waals surface area contributed by atoms with E-state index in [-0.39, 0.29) is 0 Å². The lowest BCUT2D eigenvalue weighted by molar-refractivity contribution is 0.141. The molecule has 104 valence electrons. The van der Waals surface area contributed by atoms with Gasteiger partial charge >= 0.3 is 0 Å². The molecule has 3 rings (SSSR count). The van der Waals surface area contributed by atoms with E-state index in [0.29, 0.717) is 5.02 Å². The van der Waals surface area contributed by atoms with Crippen LogP contribution in [0.2, 0.25) is 5.02 Å². The zero-order valence-corrected chi connectivity index (χ0v) is 12.1. The van der Waals surface area contributed by atoms with E-state index in [1.54, 1.807) is 0 Å². The molecular formula is C17H18ClNO. The summed E-state index contributed by atoms with van der Waals surface area (Å²) in [4.78, 5) is 2.38. The van der Waals surface area contributed by atoms with Crippen LogP contribution in [0.3, 0.4) is 0 Å². The standard InChI is InChI=1S/C17H18ClNO/c18-16-7-5-13(6-8-16)17(20)9-10-19-11-14-3-1-2-4-15(14)12-19/h1-8,17,20H,9-12H2. The molecule has 0 aromatic heterocycles. The van der Waals surface area contributed by atoms with Crippen LogP contribution in [0.4, 0.5) is 0 Å². The second-order valence-corrected chi connectivity index (χ2v) is 5.77. The van der Waals surface area contributed by atoms with Crippen molar-refractivity contribution in [2.75, 3.05) is 6.54 Å². The third-order valence-corrected chi connectivity index (χ3v) is 4.13. The van der Waals surface area contributed by atoms with E-state index in [1.165, 1.54) is 11.1 Å². The van der Waals surface area contributed by atoms with E-state index in [1.807, 2.05) is 24.3 Å². The Morgan fingerprint density at radius 3 is 2.20 bits per heavy atom. The van der Waals surface area contributed by atoms with Crippen LogP contribution < -0.4 is 0 Å². The molecule has 0 saturated heterocycles. The Labute approximate surface area is 124 Å². The van der Waals surface area contributed by atoms with Crippen molar-refractivity contribution in [3.05, 3.63) is 70.2 Å². The first-order valence-electron chi connectivity index (χ1n) is 6.95. The van der Waals surface area contributed by atoms with Crippen LogP contribution in [-0.2, 0) is 13.1 Å². The van der Waals surface area contributed by atoms with Crippen LogP contribution in [-0.4, -0.2) is 16.6 Å². The molecule has 0 radical (unpaired) electrons. The highest BCUT2D eigenvalue weighted by Gasteiger charge is 2.19. The van der Waals surface area contributed by atoms with Gasteiger partial charge in [-0.15, -0.1) is 0 Å². The van der Waals surface area contributed by atoms with Gasteiger partial charge in [0.2, 0.25) is 0 Å². The number of halogens is 1. The molecule has 0 amide bonds. The highest BCUT2D eigenvalue weighted by molar-refractivity contribution is 6.30. The van der Waals surface area contributed by atoms with Gasteiger partial charge < -0.3 is 5.11 Å². The average Bonchev–Trinajstić information content (AvgIpc) is 2.88. The van der Waals surface area contributed by atoms with Crippen LogP contribution in [0.15, 0.2) is 48.5 Å². The van der Waals surface area contributed by atoms with Crippen molar-refractivity contribution in [1.29, 1.82) is 0 Å². The van der Waals surface area contributed by atoms with Crippen molar-refractivity contribution in [3.63, 3.8) is 0 Å². The van der Waals surface area contributed by atoms with Crippen molar-refractivity contribution in [2.24, 2.45) is 0 Å². The average molecular weight is 288 g/mol. The Kier molecular flexibility index (Phi) is 4.06. The van der Waals surface area contributed by atoms with Gasteiger partial charge in [-0.2, -0.15) is 0 Å². The summed E-state index contributed by atoms with van der Waals surface area (Å²) in [5, 5.41) is 10.9. The van der Waals surface area contributed by atoms with Crippen molar-refractivity contribution in [1.82, 2.24) is 4.90 Å². The molecule has 0 spiro atoms. The summed E-state index contributed by atoms with van der Waals surface area (Å²) in [6.45, 7) is 2.88. The molecule has 1 unspecified atom stereocenters. The maximum absolute atomic E-state index is 10.2. The predicted molar refractivity (Wildman–Crippen MR) is 81.6 cm³/mol. The van der Waals surface area contributed by atoms with Gasteiger partial charge in [0.05, 0.1) is 6.10 Å². The first-order chi connectivity index (χ1) is 9.72. The highest BCUT2D eigenvalue weighted by atomic mass is 35.5. The van der Waals surface area contributed by atoms with E-state index in [9.17, 15) is 5.11 Å². The summed E-state index contributed by atoms with van der Waals surface area (Å²) in [5.41, 5.74) is 3.76. The van der Waals surface area contributed by atoms with Crippen LogP contribution >= 0.6 is 11.6 Å². The monoisotopic (exact) mass is 287 g/mol. The van der Waals surface area contributed by atoms with Gasteiger partial charge in [-0.05, 0) is 35.2 Å². The third-order valence-electron chi connectivity index (χ3n) is 3.88. The molecule has 1 N–H and O–H groups in total. The van der Waals surface area contributed by atoms with Gasteiger partial charge in [-0.3, -0.25) is 4.90 Å². The lowest BCUT2D eigenvalue weighted by atomic mass is 10.1. The highest BCUT2D eigenvalue weighted by Crippen LogP contribution is 2.24. The number of hydrogen-bond donors (Lipinski definition) is 1. The second-order valence-electron chi connectivity index (χ2n) is 5.34. The van der Waals surface area contributed by atoms with E-state index < -0.39 is 6.10 Å². The number of nitrogens with zero attached hydrogens (tertiary/aromatic N) is 1. The Morgan fingerprint density at radius 1 is 1.00 bits per heavy atom. The summed E-state index contributed by atoms with van der Waals surface area (Å²) in [6.07, 6.45) is 0.325. The molecule has 0 aliphatic carbocycles. The molecule has 0 bridgehead atoms. The predicted octanol–water partition coefficient (Wildman–Crippen LogP) is 3.78. The lowest BCUT2D eigenvalue weighted by Gasteiger charge is -2.18. The number of aliphatic hydroxyl groups excluding tert-OH is 1. The van der Waals surface area contributed by atoms with Gasteiger partial charge in [0.25, 0.3) is 0 Å². The molecule has 2 aromatic rings. The van der Waals surface area contributed by atoms with E-state index in [4.69, 9.17) is 11.6 Å². The summed E-state index contributed by atoms with van der Waals surface area (Å²) >= 11 is 5.86. The molecule has 2 aromatic carbocycles. The van der Waals surface area contributed by atoms with Crippen molar-refractivity contribution < 1.29 is 5.11 Å². The minimum atomic E-state index is -0.420. The molecule has 1 heterocycles. The summed E-state index contributed by atoms with van der Waals surface area (Å²) in [6, 6.07) is 16.0. The number of fused-ring (bicyclic) bond motifs is 1. The Bertz CT molecular complexity index is 557. The van der Waals surface area contributed by atoms with Crippen LogP contribution in [0.5, 0.6) is 0 Å². The van der Waals surface area contributed by atoms with Crippen molar-refractivity contribution in [2.45, 2.75) is 25.6 Å². The minimum Gasteiger partial charge on any atom is -0.388 e. The number of rotatable bonds is 4. The maximum Gasteiger partial charge on any atom is 0.0802 e. The summed E-state index contributed by atoms with van der Waals surface area (Å²) in [5.74, 6) is 0. The fraction of sp³-hybridized carbons (Fsp3) is 0.294. The first kappa shape index (κ1) is 13.6. The molecule has 0 saturated carbocycles. The number of benzene rings is 2. The van der Waals surface area contributed by atoms with Gasteiger partial charge in [0.15, 0.2) is 0 Å². The quantitative estimate of drug-likeness (QED) is 0.925. The van der Waals surface area contributed by atoms with Gasteiger partial charge in [-0.25, -0.2) is 0 Å². The lowest BCUT2D eigenvalue weighted by Crippen LogP contribution is -2.19. The van der Waals surface area contributed by atoms with Crippen LogP contribution in [0, 0.1) is 0 Å². The SMILES string of the molecule is OC(CCN1Cc2ccccc2C1)c1ccc(Cl)cc1. The maximum atomic E-state index is 10.2. The summed E-state index contributed by atoms with van der Waals surface area (Å²) < 4.78 is 0. The van der Waals surface area contributed by atoms with Crippen molar-refractivity contribution in [3.8, 4) is 0 Å². The molecule has 2 nitrogen and oxygen atoms in total. The molecule has 20 heavy (non-hydrogen) atoms. The fourth-order valence-corrected chi connectivity index (χ4v) is 2.84. The molecule has 1 aliphatic rings. The van der Waals surface area contributed by atoms with E-state index in [2.05, 4.69) is 29.2 Å². The van der Waals surface area contributed by atoms with Gasteiger partial charge in [-0.1, -0.05) is 48.0 Å². The fourth-order valence-electron chi connectivity index (χ4n) is 2.72. The molecule has 1 atom stereocenters. The largest absolute Gasteiger partial charge is 0.388 e. The Hall–Kier alpha value is -1.35. The van der Waals surface area contributed by atoms with Crippen LogP contribution in [0.1, 0.15) is 29.2 Å². The molecular weight excluding hydrogens is 270 g/mol. The summed E-state index contributed by atoms with van der Waals surface area (Å²) in [7, 11) is 0. The first-order valence-corrected chi connectivity index (χ1v) is 7.33. The van der Waals surface area contributed by atoms with Gasteiger partial charge in [0, 0.05) is 24.7 Å². The third kappa shape index (κ3) is 3.04. The number of hydrogen-bond acceptors (Lipinski definition) is 2. The van der Waals surface area contributed by atoms with Crippen molar-refractivity contribution >= 4 is 11.6 Å². The zero-order valence-electron chi connectivity index (χ0n) is 11.3. The smallest absolute Gasteiger partial charge is 0.0802 e. The van der Waals surface area contributed by atoms with Gasteiger partial charge in [0.1, 0.15) is 0 Å². The Morgan fingerprint density at radius 2 is 1.60 bits per heavy atom. The zero-order chi connectivity index (χ0) is 13.9. The molecule has 1 aliphatic heterocycles. The normalized spacial score (nSPS) is 16.1. The topological polar surface area (TPSA) is 23.5 Å². The second kappa shape index (κ2) is 5.96. The van der Waals surface area contributed by atoms with E-state index >= 15 is 0 Å². The van der Waals surface area contributed by atoms with Crippen LogP contribution in [0.25, 0.3) is 0 Å². The molecule has 3 heteroatoms. The van der Waals surface area contributed by atoms with E-state index in [0.717, 1.165) is 31.6 Å². The minimum absolute atomic E-state index is 0.420. The Balaban J connectivity index is 1.55. The number of aliphatic hydroxyl groups is 1.